The van der Waals surface area contributed by atoms with Crippen LogP contribution < -0.4 is 10.2 Å². The number of piperidine rings is 1. The number of hydrogen-bond donors (Lipinski definition) is 2. The summed E-state index contributed by atoms with van der Waals surface area (Å²) in [5, 5.41) is 21.1. The quantitative estimate of drug-likeness (QED) is 0.853. The fraction of sp³-hybridized carbons (Fsp3) is 0.389. The molecule has 142 valence electrons. The second kappa shape index (κ2) is 7.40. The largest absolute Gasteiger partial charge is 0.393 e. The maximum absolute atomic E-state index is 13.4. The Morgan fingerprint density at radius 2 is 2.15 bits per heavy atom. The molecule has 6 nitrogen and oxygen atoms in total. The molecular weight excluding hydrogens is 361 g/mol. The van der Waals surface area contributed by atoms with Crippen molar-refractivity contribution < 1.29 is 23.1 Å². The molecule has 2 aromatic rings. The summed E-state index contributed by atoms with van der Waals surface area (Å²) < 4.78 is 40.2. The third-order valence-corrected chi connectivity index (χ3v) is 4.63. The van der Waals surface area contributed by atoms with Gasteiger partial charge in [-0.25, -0.2) is 0 Å². The maximum atomic E-state index is 13.4. The number of carbonyl (C=O) groups excluding carboxylic acids is 1. The number of fused-ring (bicyclic) bond motifs is 1. The van der Waals surface area contributed by atoms with Crippen molar-refractivity contribution in [1.82, 2.24) is 10.3 Å². The Balaban J connectivity index is 2.00. The SMILES string of the molecule is N#Cc1ccc(N2CC(C(F)(F)F)C[C@@H](NC(=O)CO)C2)c2cccnc12. The fourth-order valence-corrected chi connectivity index (χ4v) is 3.43. The molecule has 2 N–H and O–H groups in total. The topological polar surface area (TPSA) is 89.2 Å². The average Bonchev–Trinajstić information content (AvgIpc) is 2.66. The molecule has 27 heavy (non-hydrogen) atoms. The Bertz CT molecular complexity index is 894. The molecule has 1 fully saturated rings. The normalized spacial score (nSPS) is 20.3. The number of alkyl halides is 3. The van der Waals surface area contributed by atoms with Crippen LogP contribution in [-0.2, 0) is 4.79 Å². The van der Waals surface area contributed by atoms with Gasteiger partial charge in [-0.3, -0.25) is 9.78 Å². The van der Waals surface area contributed by atoms with Gasteiger partial charge in [0.1, 0.15) is 12.7 Å². The zero-order valence-electron chi connectivity index (χ0n) is 14.2. The van der Waals surface area contributed by atoms with E-state index in [1.54, 1.807) is 23.1 Å². The summed E-state index contributed by atoms with van der Waals surface area (Å²) >= 11 is 0. The molecule has 1 aromatic carbocycles. The lowest BCUT2D eigenvalue weighted by molar-refractivity contribution is -0.178. The molecule has 0 aliphatic carbocycles. The van der Waals surface area contributed by atoms with Crippen LogP contribution in [0.1, 0.15) is 12.0 Å². The number of aromatic nitrogens is 1. The maximum Gasteiger partial charge on any atom is 0.393 e. The lowest BCUT2D eigenvalue weighted by Gasteiger charge is -2.40. The summed E-state index contributed by atoms with van der Waals surface area (Å²) in [5.41, 5.74) is 1.28. The Hall–Kier alpha value is -2.86. The van der Waals surface area contributed by atoms with Gasteiger partial charge in [-0.15, -0.1) is 0 Å². The molecule has 0 radical (unpaired) electrons. The van der Waals surface area contributed by atoms with Crippen molar-refractivity contribution in [3.05, 3.63) is 36.0 Å². The molecule has 0 bridgehead atoms. The third-order valence-electron chi connectivity index (χ3n) is 4.63. The molecule has 2 heterocycles. The number of nitriles is 1. The van der Waals surface area contributed by atoms with Crippen molar-refractivity contribution >= 4 is 22.5 Å². The van der Waals surface area contributed by atoms with E-state index >= 15 is 0 Å². The number of benzene rings is 1. The van der Waals surface area contributed by atoms with Crippen LogP contribution >= 0.6 is 0 Å². The molecule has 9 heteroatoms. The van der Waals surface area contributed by atoms with Gasteiger partial charge in [-0.2, -0.15) is 18.4 Å². The van der Waals surface area contributed by atoms with Crippen LogP contribution in [0.3, 0.4) is 0 Å². The Morgan fingerprint density at radius 3 is 2.81 bits per heavy atom. The van der Waals surface area contributed by atoms with Gasteiger partial charge in [0.25, 0.3) is 0 Å². The number of aliphatic hydroxyl groups excluding tert-OH is 1. The minimum atomic E-state index is -4.42. The molecular formula is C18H17F3N4O2. The van der Waals surface area contributed by atoms with Gasteiger partial charge in [0, 0.05) is 36.4 Å². The average molecular weight is 378 g/mol. The van der Waals surface area contributed by atoms with Gasteiger partial charge in [0.15, 0.2) is 0 Å². The highest BCUT2D eigenvalue weighted by Crippen LogP contribution is 2.37. The molecule has 0 spiro atoms. The fourth-order valence-electron chi connectivity index (χ4n) is 3.43. The first-order chi connectivity index (χ1) is 12.8. The van der Waals surface area contributed by atoms with E-state index in [1.165, 1.54) is 12.3 Å². The monoisotopic (exact) mass is 378 g/mol. The van der Waals surface area contributed by atoms with Crippen molar-refractivity contribution in [3.63, 3.8) is 0 Å². The van der Waals surface area contributed by atoms with E-state index in [1.807, 2.05) is 6.07 Å². The smallest absolute Gasteiger partial charge is 0.387 e. The molecule has 1 saturated heterocycles. The van der Waals surface area contributed by atoms with Crippen molar-refractivity contribution in [2.75, 3.05) is 24.6 Å². The predicted octanol–water partition coefficient (Wildman–Crippen LogP) is 1.97. The molecule has 1 amide bonds. The summed E-state index contributed by atoms with van der Waals surface area (Å²) in [5.74, 6) is -2.34. The van der Waals surface area contributed by atoms with Gasteiger partial charge in [0.2, 0.25) is 5.91 Å². The van der Waals surface area contributed by atoms with E-state index < -0.39 is 30.7 Å². The van der Waals surface area contributed by atoms with Crippen LogP contribution in [-0.4, -0.2) is 47.9 Å². The summed E-state index contributed by atoms with van der Waals surface area (Å²) in [4.78, 5) is 17.2. The van der Waals surface area contributed by atoms with Crippen molar-refractivity contribution in [2.45, 2.75) is 18.6 Å². The van der Waals surface area contributed by atoms with E-state index in [0.29, 0.717) is 22.2 Å². The number of carbonyl (C=O) groups is 1. The van der Waals surface area contributed by atoms with Crippen molar-refractivity contribution in [1.29, 1.82) is 5.26 Å². The summed E-state index contributed by atoms with van der Waals surface area (Å²) in [7, 11) is 0. The van der Waals surface area contributed by atoms with Gasteiger partial charge in [0.05, 0.1) is 17.0 Å². The summed E-state index contributed by atoms with van der Waals surface area (Å²) in [6, 6.07) is 7.77. The Kier molecular flexibility index (Phi) is 5.19. The van der Waals surface area contributed by atoms with Crippen LogP contribution in [0, 0.1) is 17.2 Å². The number of nitrogens with one attached hydrogen (secondary N) is 1. The molecule has 1 aliphatic rings. The van der Waals surface area contributed by atoms with Gasteiger partial charge < -0.3 is 15.3 Å². The highest BCUT2D eigenvalue weighted by atomic mass is 19.4. The minimum absolute atomic E-state index is 0.161. The number of amides is 1. The number of pyridine rings is 1. The van der Waals surface area contributed by atoms with E-state index in [9.17, 15) is 23.2 Å². The first-order valence-electron chi connectivity index (χ1n) is 8.33. The second-order valence-electron chi connectivity index (χ2n) is 6.45. The zero-order chi connectivity index (χ0) is 19.6. The number of nitrogens with zero attached hydrogens (tertiary/aromatic N) is 3. The molecule has 1 aliphatic heterocycles. The van der Waals surface area contributed by atoms with Crippen molar-refractivity contribution in [3.8, 4) is 6.07 Å². The Morgan fingerprint density at radius 1 is 1.37 bits per heavy atom. The summed E-state index contributed by atoms with van der Waals surface area (Å²) in [6.07, 6.45) is -3.15. The highest BCUT2D eigenvalue weighted by molar-refractivity contribution is 5.95. The number of hydrogen-bond acceptors (Lipinski definition) is 5. The number of anilines is 1. The van der Waals surface area contributed by atoms with Gasteiger partial charge in [-0.1, -0.05) is 0 Å². The van der Waals surface area contributed by atoms with Crippen LogP contribution in [0.25, 0.3) is 10.9 Å². The number of aliphatic hydroxyl groups is 1. The molecule has 1 unspecified atom stereocenters. The van der Waals surface area contributed by atoms with Gasteiger partial charge in [-0.05, 0) is 30.7 Å². The summed E-state index contributed by atoms with van der Waals surface area (Å²) in [6.45, 7) is -0.879. The van der Waals surface area contributed by atoms with Crippen molar-refractivity contribution in [2.24, 2.45) is 5.92 Å². The third kappa shape index (κ3) is 3.95. The van der Waals surface area contributed by atoms with Gasteiger partial charge >= 0.3 is 6.18 Å². The standard InChI is InChI=1S/C18H17F3N4O2/c19-18(20,21)12-6-13(24-16(27)10-26)9-25(8-12)15-4-3-11(7-22)17-14(15)2-1-5-23-17/h1-5,12-13,26H,6,8-10H2,(H,24,27)/t12?,13-/m1/s1. The van der Waals surface area contributed by atoms with E-state index in [-0.39, 0.29) is 19.5 Å². The highest BCUT2D eigenvalue weighted by Gasteiger charge is 2.45. The lowest BCUT2D eigenvalue weighted by Crippen LogP contribution is -2.54. The molecule has 3 rings (SSSR count). The lowest BCUT2D eigenvalue weighted by atomic mass is 9.92. The van der Waals surface area contributed by atoms with Crippen LogP contribution in [0.4, 0.5) is 18.9 Å². The molecule has 2 atom stereocenters. The minimum Gasteiger partial charge on any atom is -0.387 e. The zero-order valence-corrected chi connectivity index (χ0v) is 14.2. The van der Waals surface area contributed by atoms with Crippen LogP contribution in [0.15, 0.2) is 30.5 Å². The van der Waals surface area contributed by atoms with Crippen LogP contribution in [0.5, 0.6) is 0 Å². The molecule has 0 saturated carbocycles. The Labute approximate surface area is 153 Å². The number of halogens is 3. The predicted molar refractivity (Wildman–Crippen MR) is 91.8 cm³/mol. The number of rotatable bonds is 3. The molecule has 1 aromatic heterocycles. The first kappa shape index (κ1) is 18.9. The van der Waals surface area contributed by atoms with E-state index in [0.717, 1.165) is 0 Å². The van der Waals surface area contributed by atoms with Crippen LogP contribution in [0.2, 0.25) is 0 Å². The second-order valence-corrected chi connectivity index (χ2v) is 6.45. The van der Waals surface area contributed by atoms with E-state index in [2.05, 4.69) is 10.3 Å². The van der Waals surface area contributed by atoms with E-state index in [4.69, 9.17) is 5.11 Å². The first-order valence-corrected chi connectivity index (χ1v) is 8.33.